The third-order valence-electron chi connectivity index (χ3n) is 3.49. The zero-order chi connectivity index (χ0) is 15.4. The fourth-order valence-electron chi connectivity index (χ4n) is 2.42. The van der Waals surface area contributed by atoms with Crippen molar-refractivity contribution in [3.8, 4) is 0 Å². The molecule has 6 heteroatoms. The lowest BCUT2D eigenvalue weighted by atomic mass is 10.1. The first-order valence-electron chi connectivity index (χ1n) is 6.65. The highest BCUT2D eigenvalue weighted by Gasteiger charge is 2.30. The maximum atomic E-state index is 14.0. The lowest BCUT2D eigenvalue weighted by Gasteiger charge is -2.23. The molecule has 0 spiro atoms. The van der Waals surface area contributed by atoms with Crippen LogP contribution in [0.2, 0.25) is 0 Å². The first-order chi connectivity index (χ1) is 10.0. The number of carbonyl (C=O) groups is 2. The van der Waals surface area contributed by atoms with Crippen molar-refractivity contribution in [2.45, 2.75) is 18.9 Å². The summed E-state index contributed by atoms with van der Waals surface area (Å²) in [5.41, 5.74) is 0.300. The van der Waals surface area contributed by atoms with Crippen molar-refractivity contribution >= 4 is 18.0 Å². The minimum Gasteiger partial charge on any atom is -0.478 e. The van der Waals surface area contributed by atoms with Gasteiger partial charge >= 0.3 is 5.97 Å². The summed E-state index contributed by atoms with van der Waals surface area (Å²) in [6.07, 6.45) is 3.66. The Morgan fingerprint density at radius 2 is 2.19 bits per heavy atom. The van der Waals surface area contributed by atoms with Crippen LogP contribution < -0.4 is 0 Å². The molecule has 0 aliphatic carbocycles. The van der Waals surface area contributed by atoms with Gasteiger partial charge in [0.05, 0.1) is 18.2 Å². The van der Waals surface area contributed by atoms with Gasteiger partial charge in [0.15, 0.2) is 0 Å². The Morgan fingerprint density at radius 1 is 1.43 bits per heavy atom. The fourth-order valence-corrected chi connectivity index (χ4v) is 2.42. The zero-order valence-electron chi connectivity index (χ0n) is 11.3. The lowest BCUT2D eigenvalue weighted by molar-refractivity contribution is -0.131. The number of likely N-dealkylation sites (tertiary alicyclic amines) is 1. The minimum absolute atomic E-state index is 0.0668. The Morgan fingerprint density at radius 3 is 2.81 bits per heavy atom. The molecule has 5 nitrogen and oxygen atoms in total. The average Bonchev–Trinajstić information content (AvgIpc) is 2.93. The minimum atomic E-state index is -1.13. The molecule has 1 aliphatic rings. The van der Waals surface area contributed by atoms with Gasteiger partial charge in [0.1, 0.15) is 5.82 Å². The summed E-state index contributed by atoms with van der Waals surface area (Å²) in [5, 5.41) is 17.7. The van der Waals surface area contributed by atoms with Crippen molar-refractivity contribution < 1.29 is 24.2 Å². The van der Waals surface area contributed by atoms with E-state index in [9.17, 15) is 19.1 Å². The zero-order valence-corrected chi connectivity index (χ0v) is 11.3. The molecule has 2 rings (SSSR count). The standard InChI is InChI=1S/C15H16FNO4/c16-13-8-10(4-6-14(19)20)3-5-12(13)15(21)17-7-1-2-11(17)9-18/h3-6,8,11,18H,1-2,7,9H2,(H,19,20). The monoisotopic (exact) mass is 293 g/mol. The number of hydrogen-bond acceptors (Lipinski definition) is 3. The van der Waals surface area contributed by atoms with Crippen LogP contribution in [0.5, 0.6) is 0 Å². The number of amides is 1. The van der Waals surface area contributed by atoms with Crippen LogP contribution in [0.25, 0.3) is 6.08 Å². The Bertz CT molecular complexity index is 585. The van der Waals surface area contributed by atoms with E-state index in [4.69, 9.17) is 5.11 Å². The Balaban J connectivity index is 2.20. The van der Waals surface area contributed by atoms with Gasteiger partial charge in [0.25, 0.3) is 5.91 Å². The third-order valence-corrected chi connectivity index (χ3v) is 3.49. The van der Waals surface area contributed by atoms with Gasteiger partial charge in [0.2, 0.25) is 0 Å². The first-order valence-corrected chi connectivity index (χ1v) is 6.65. The van der Waals surface area contributed by atoms with Crippen LogP contribution in [0.3, 0.4) is 0 Å². The van der Waals surface area contributed by atoms with E-state index in [1.165, 1.54) is 23.1 Å². The molecular formula is C15H16FNO4. The number of benzene rings is 1. The van der Waals surface area contributed by atoms with Crippen LogP contribution in [0.4, 0.5) is 4.39 Å². The number of halogens is 1. The van der Waals surface area contributed by atoms with Crippen molar-refractivity contribution in [2.75, 3.05) is 13.2 Å². The molecule has 1 aromatic carbocycles. The van der Waals surface area contributed by atoms with E-state index < -0.39 is 17.7 Å². The lowest BCUT2D eigenvalue weighted by Crippen LogP contribution is -2.38. The smallest absolute Gasteiger partial charge is 0.328 e. The third kappa shape index (κ3) is 3.46. The molecule has 0 radical (unpaired) electrons. The second-order valence-corrected chi connectivity index (χ2v) is 4.89. The fraction of sp³-hybridized carbons (Fsp3) is 0.333. The molecule has 1 amide bonds. The maximum Gasteiger partial charge on any atom is 0.328 e. The summed E-state index contributed by atoms with van der Waals surface area (Å²) in [7, 11) is 0. The number of hydrogen-bond donors (Lipinski definition) is 2. The van der Waals surface area contributed by atoms with Crippen molar-refractivity contribution in [1.82, 2.24) is 4.90 Å². The van der Waals surface area contributed by atoms with Crippen LogP contribution >= 0.6 is 0 Å². The quantitative estimate of drug-likeness (QED) is 0.825. The van der Waals surface area contributed by atoms with Gasteiger partial charge < -0.3 is 15.1 Å². The molecule has 1 aromatic rings. The van der Waals surface area contributed by atoms with E-state index in [1.54, 1.807) is 0 Å². The number of carboxylic acids is 1. The normalized spacial score (nSPS) is 18.4. The second-order valence-electron chi connectivity index (χ2n) is 4.89. The van der Waals surface area contributed by atoms with Gasteiger partial charge in [-0.2, -0.15) is 0 Å². The molecule has 1 fully saturated rings. The van der Waals surface area contributed by atoms with Crippen molar-refractivity contribution in [2.24, 2.45) is 0 Å². The van der Waals surface area contributed by atoms with Crippen LogP contribution in [0.1, 0.15) is 28.8 Å². The summed E-state index contributed by atoms with van der Waals surface area (Å²) in [6, 6.07) is 3.69. The van der Waals surface area contributed by atoms with Gasteiger partial charge in [-0.15, -0.1) is 0 Å². The Hall–Kier alpha value is -2.21. The van der Waals surface area contributed by atoms with E-state index in [-0.39, 0.29) is 18.2 Å². The predicted molar refractivity (Wildman–Crippen MR) is 74.2 cm³/mol. The van der Waals surface area contributed by atoms with Gasteiger partial charge in [-0.3, -0.25) is 4.79 Å². The molecule has 1 saturated heterocycles. The number of carbonyl (C=O) groups excluding carboxylic acids is 1. The number of aliphatic hydroxyl groups excluding tert-OH is 1. The molecular weight excluding hydrogens is 277 g/mol. The second kappa shape index (κ2) is 6.49. The van der Waals surface area contributed by atoms with E-state index in [0.29, 0.717) is 18.5 Å². The van der Waals surface area contributed by atoms with Crippen molar-refractivity contribution in [1.29, 1.82) is 0 Å². The maximum absolute atomic E-state index is 14.0. The summed E-state index contributed by atoms with van der Waals surface area (Å²) < 4.78 is 14.0. The predicted octanol–water partition coefficient (Wildman–Crippen LogP) is 1.52. The molecule has 0 saturated carbocycles. The highest BCUT2D eigenvalue weighted by Crippen LogP contribution is 2.21. The molecule has 1 heterocycles. The molecule has 2 N–H and O–H groups in total. The first kappa shape index (κ1) is 15.2. The molecule has 21 heavy (non-hydrogen) atoms. The Kier molecular flexibility index (Phi) is 4.70. The number of rotatable bonds is 4. The van der Waals surface area contributed by atoms with Crippen LogP contribution in [0, 0.1) is 5.82 Å². The molecule has 112 valence electrons. The summed E-state index contributed by atoms with van der Waals surface area (Å²) in [4.78, 5) is 24.2. The topological polar surface area (TPSA) is 77.8 Å². The van der Waals surface area contributed by atoms with E-state index in [1.807, 2.05) is 0 Å². The van der Waals surface area contributed by atoms with Crippen LogP contribution in [-0.4, -0.2) is 46.2 Å². The van der Waals surface area contributed by atoms with Gasteiger partial charge in [-0.05, 0) is 36.6 Å². The molecule has 0 aromatic heterocycles. The highest BCUT2D eigenvalue weighted by molar-refractivity contribution is 5.95. The van der Waals surface area contributed by atoms with Crippen LogP contribution in [-0.2, 0) is 4.79 Å². The van der Waals surface area contributed by atoms with Crippen molar-refractivity contribution in [3.63, 3.8) is 0 Å². The van der Waals surface area contributed by atoms with E-state index in [0.717, 1.165) is 18.6 Å². The van der Waals surface area contributed by atoms with Crippen LogP contribution in [0.15, 0.2) is 24.3 Å². The Labute approximate surface area is 121 Å². The summed E-state index contributed by atoms with van der Waals surface area (Å²) >= 11 is 0. The van der Waals surface area contributed by atoms with Gasteiger partial charge in [0, 0.05) is 12.6 Å². The number of nitrogens with zero attached hydrogens (tertiary/aromatic N) is 1. The highest BCUT2D eigenvalue weighted by atomic mass is 19.1. The van der Waals surface area contributed by atoms with E-state index >= 15 is 0 Å². The molecule has 0 bridgehead atoms. The molecule has 1 aliphatic heterocycles. The van der Waals surface area contributed by atoms with Gasteiger partial charge in [-0.25, -0.2) is 9.18 Å². The summed E-state index contributed by atoms with van der Waals surface area (Å²) in [5.74, 6) is -2.27. The summed E-state index contributed by atoms with van der Waals surface area (Å²) in [6.45, 7) is 0.372. The average molecular weight is 293 g/mol. The molecule has 1 unspecified atom stereocenters. The SMILES string of the molecule is O=C(O)C=Cc1ccc(C(=O)N2CCCC2CO)c(F)c1. The van der Waals surface area contributed by atoms with E-state index in [2.05, 4.69) is 0 Å². The van der Waals surface area contributed by atoms with Crippen molar-refractivity contribution in [3.05, 3.63) is 41.2 Å². The largest absolute Gasteiger partial charge is 0.478 e. The van der Waals surface area contributed by atoms with Gasteiger partial charge in [-0.1, -0.05) is 6.07 Å². The number of carboxylic acid groups (broad SMARTS) is 1. The molecule has 1 atom stereocenters. The number of aliphatic carboxylic acids is 1. The number of aliphatic hydroxyl groups is 1.